The Labute approximate surface area is 154 Å². The summed E-state index contributed by atoms with van der Waals surface area (Å²) in [7, 11) is 0. The molecular formula is C20H27N3O3. The third kappa shape index (κ3) is 3.30. The lowest BCUT2D eigenvalue weighted by Crippen LogP contribution is -2.42. The van der Waals surface area contributed by atoms with E-state index in [-0.39, 0.29) is 12.0 Å². The predicted molar refractivity (Wildman–Crippen MR) is 96.4 cm³/mol. The van der Waals surface area contributed by atoms with Crippen molar-refractivity contribution in [3.63, 3.8) is 0 Å². The summed E-state index contributed by atoms with van der Waals surface area (Å²) >= 11 is 0. The molecule has 0 unspecified atom stereocenters. The number of piperidine rings is 1. The second kappa shape index (κ2) is 7.27. The molecule has 0 aromatic carbocycles. The van der Waals surface area contributed by atoms with Gasteiger partial charge in [-0.3, -0.25) is 9.69 Å². The standard InChI is InChI=1S/C20H27N3O3/c1-14-19(15(2)26-21-14)18-6-3-9-23(18)20(24)16-7-10-22(11-8-16)13-17-5-4-12-25-17/h4-5,12,16,18H,3,6-11,13H2,1-2H3/t18-/m0/s1. The Hall–Kier alpha value is -2.08. The number of hydrogen-bond acceptors (Lipinski definition) is 5. The normalized spacial score (nSPS) is 22.2. The number of hydrogen-bond donors (Lipinski definition) is 0. The zero-order valence-corrected chi connectivity index (χ0v) is 15.6. The highest BCUT2D eigenvalue weighted by atomic mass is 16.5. The van der Waals surface area contributed by atoms with Gasteiger partial charge in [0.15, 0.2) is 0 Å². The molecule has 2 aliphatic rings. The maximum atomic E-state index is 13.2. The summed E-state index contributed by atoms with van der Waals surface area (Å²) in [6.07, 6.45) is 5.62. The van der Waals surface area contributed by atoms with Gasteiger partial charge in [-0.15, -0.1) is 0 Å². The van der Waals surface area contributed by atoms with E-state index in [1.54, 1.807) is 6.26 Å². The Morgan fingerprint density at radius 2 is 2.04 bits per heavy atom. The van der Waals surface area contributed by atoms with Gasteiger partial charge in [-0.2, -0.15) is 0 Å². The first-order chi connectivity index (χ1) is 12.6. The predicted octanol–water partition coefficient (Wildman–Crippen LogP) is 3.46. The second-order valence-corrected chi connectivity index (χ2v) is 7.56. The lowest BCUT2D eigenvalue weighted by molar-refractivity contribution is -0.138. The van der Waals surface area contributed by atoms with Crippen molar-refractivity contribution in [1.29, 1.82) is 0 Å². The van der Waals surface area contributed by atoms with E-state index >= 15 is 0 Å². The minimum Gasteiger partial charge on any atom is -0.468 e. The maximum Gasteiger partial charge on any atom is 0.226 e. The quantitative estimate of drug-likeness (QED) is 0.838. The molecule has 2 fully saturated rings. The maximum absolute atomic E-state index is 13.2. The Balaban J connectivity index is 1.38. The molecule has 0 N–H and O–H groups in total. The van der Waals surface area contributed by atoms with Gasteiger partial charge in [-0.25, -0.2) is 0 Å². The largest absolute Gasteiger partial charge is 0.468 e. The number of carbonyl (C=O) groups excluding carboxylic acids is 1. The summed E-state index contributed by atoms with van der Waals surface area (Å²) in [5, 5.41) is 4.08. The monoisotopic (exact) mass is 357 g/mol. The number of carbonyl (C=O) groups is 1. The van der Waals surface area contributed by atoms with E-state index < -0.39 is 0 Å². The van der Waals surface area contributed by atoms with Gasteiger partial charge in [-0.1, -0.05) is 5.16 Å². The van der Waals surface area contributed by atoms with Crippen LogP contribution in [-0.2, 0) is 11.3 Å². The van der Waals surface area contributed by atoms with Crippen molar-refractivity contribution in [3.05, 3.63) is 41.2 Å². The van der Waals surface area contributed by atoms with Gasteiger partial charge in [0.1, 0.15) is 11.5 Å². The first-order valence-electron chi connectivity index (χ1n) is 9.61. The number of nitrogens with zero attached hydrogens (tertiary/aromatic N) is 3. The summed E-state index contributed by atoms with van der Waals surface area (Å²) in [4.78, 5) is 17.6. The van der Waals surface area contributed by atoms with Crippen molar-refractivity contribution in [2.45, 2.75) is 52.1 Å². The van der Waals surface area contributed by atoms with E-state index in [0.29, 0.717) is 5.91 Å². The van der Waals surface area contributed by atoms with E-state index in [2.05, 4.69) is 15.0 Å². The van der Waals surface area contributed by atoms with Crippen molar-refractivity contribution < 1.29 is 13.7 Å². The molecule has 4 rings (SSSR count). The number of rotatable bonds is 4. The van der Waals surface area contributed by atoms with E-state index in [1.807, 2.05) is 26.0 Å². The Morgan fingerprint density at radius 3 is 2.69 bits per heavy atom. The van der Waals surface area contributed by atoms with Gasteiger partial charge < -0.3 is 13.8 Å². The number of aromatic nitrogens is 1. The molecule has 2 saturated heterocycles. The molecule has 6 nitrogen and oxygen atoms in total. The van der Waals surface area contributed by atoms with Crippen molar-refractivity contribution in [1.82, 2.24) is 15.0 Å². The van der Waals surface area contributed by atoms with Crippen molar-refractivity contribution in [3.8, 4) is 0 Å². The second-order valence-electron chi connectivity index (χ2n) is 7.56. The zero-order chi connectivity index (χ0) is 18.1. The lowest BCUT2D eigenvalue weighted by atomic mass is 9.94. The van der Waals surface area contributed by atoms with E-state index in [0.717, 1.165) is 74.6 Å². The molecule has 0 aliphatic carbocycles. The highest BCUT2D eigenvalue weighted by molar-refractivity contribution is 5.80. The highest BCUT2D eigenvalue weighted by Gasteiger charge is 2.37. The number of furan rings is 1. The van der Waals surface area contributed by atoms with Crippen LogP contribution in [0, 0.1) is 19.8 Å². The summed E-state index contributed by atoms with van der Waals surface area (Å²) in [5.74, 6) is 2.28. The smallest absolute Gasteiger partial charge is 0.226 e. The number of likely N-dealkylation sites (tertiary alicyclic amines) is 2. The SMILES string of the molecule is Cc1noc(C)c1[C@@H]1CCCN1C(=O)C1CCN(Cc2ccco2)CC1. The van der Waals surface area contributed by atoms with Crippen molar-refractivity contribution in [2.75, 3.05) is 19.6 Å². The highest BCUT2D eigenvalue weighted by Crippen LogP contribution is 2.37. The molecule has 26 heavy (non-hydrogen) atoms. The molecule has 2 aromatic rings. The topological polar surface area (TPSA) is 62.7 Å². The van der Waals surface area contributed by atoms with Crippen LogP contribution >= 0.6 is 0 Å². The average Bonchev–Trinajstić information content (AvgIpc) is 3.37. The van der Waals surface area contributed by atoms with Crippen LogP contribution in [0.1, 0.15) is 54.5 Å². The molecule has 6 heteroatoms. The van der Waals surface area contributed by atoms with Crippen LogP contribution in [0.4, 0.5) is 0 Å². The van der Waals surface area contributed by atoms with Crippen LogP contribution in [0.2, 0.25) is 0 Å². The molecule has 0 radical (unpaired) electrons. The van der Waals surface area contributed by atoms with Gasteiger partial charge in [0.2, 0.25) is 5.91 Å². The molecule has 0 spiro atoms. The molecular weight excluding hydrogens is 330 g/mol. The minimum atomic E-state index is 0.129. The third-order valence-electron chi connectivity index (χ3n) is 5.85. The Bertz CT molecular complexity index is 725. The van der Waals surface area contributed by atoms with Crippen molar-refractivity contribution in [2.24, 2.45) is 5.92 Å². The number of aryl methyl sites for hydroxylation is 2. The van der Waals surface area contributed by atoms with Crippen LogP contribution in [0.15, 0.2) is 27.3 Å². The van der Waals surface area contributed by atoms with E-state index in [4.69, 9.17) is 8.94 Å². The average molecular weight is 357 g/mol. The van der Waals surface area contributed by atoms with Crippen LogP contribution in [-0.4, -0.2) is 40.5 Å². The summed E-state index contributed by atoms with van der Waals surface area (Å²) in [5.41, 5.74) is 2.03. The third-order valence-corrected chi connectivity index (χ3v) is 5.85. The van der Waals surface area contributed by atoms with Crippen LogP contribution < -0.4 is 0 Å². The van der Waals surface area contributed by atoms with Gasteiger partial charge in [0, 0.05) is 18.0 Å². The summed E-state index contributed by atoms with van der Waals surface area (Å²) in [6, 6.07) is 4.07. The first kappa shape index (κ1) is 17.3. The fourth-order valence-corrected chi connectivity index (χ4v) is 4.49. The fraction of sp³-hybridized carbons (Fsp3) is 0.600. The molecule has 0 saturated carbocycles. The van der Waals surface area contributed by atoms with Crippen LogP contribution in [0.3, 0.4) is 0 Å². The molecule has 4 heterocycles. The molecule has 1 atom stereocenters. The molecule has 140 valence electrons. The van der Waals surface area contributed by atoms with Crippen LogP contribution in [0.5, 0.6) is 0 Å². The van der Waals surface area contributed by atoms with Crippen LogP contribution in [0.25, 0.3) is 0 Å². The first-order valence-corrected chi connectivity index (χ1v) is 9.61. The van der Waals surface area contributed by atoms with Gasteiger partial charge in [0.05, 0.1) is 24.5 Å². The number of amides is 1. The van der Waals surface area contributed by atoms with Gasteiger partial charge >= 0.3 is 0 Å². The van der Waals surface area contributed by atoms with Crippen molar-refractivity contribution >= 4 is 5.91 Å². The summed E-state index contributed by atoms with van der Waals surface area (Å²) in [6.45, 7) is 7.49. The van der Waals surface area contributed by atoms with E-state index in [1.165, 1.54) is 0 Å². The molecule has 1 amide bonds. The lowest BCUT2D eigenvalue weighted by Gasteiger charge is -2.34. The van der Waals surface area contributed by atoms with E-state index in [9.17, 15) is 4.79 Å². The molecule has 0 bridgehead atoms. The molecule has 2 aromatic heterocycles. The van der Waals surface area contributed by atoms with Gasteiger partial charge in [-0.05, 0) is 64.8 Å². The zero-order valence-electron chi connectivity index (χ0n) is 15.6. The summed E-state index contributed by atoms with van der Waals surface area (Å²) < 4.78 is 10.8. The molecule has 2 aliphatic heterocycles. The van der Waals surface area contributed by atoms with Gasteiger partial charge in [0.25, 0.3) is 0 Å². The Morgan fingerprint density at radius 1 is 1.23 bits per heavy atom. The fourth-order valence-electron chi connectivity index (χ4n) is 4.49. The minimum absolute atomic E-state index is 0.129. The Kier molecular flexibility index (Phi) is 4.85.